The van der Waals surface area contributed by atoms with Crippen LogP contribution in [0.1, 0.15) is 19.3 Å². The molecule has 1 rings (SSSR count). The molecule has 0 radical (unpaired) electrons. The Morgan fingerprint density at radius 2 is 2.09 bits per heavy atom. The highest BCUT2D eigenvalue weighted by molar-refractivity contribution is 8.66. The van der Waals surface area contributed by atoms with E-state index in [4.69, 9.17) is 4.18 Å². The molecule has 0 amide bonds. The third kappa shape index (κ3) is 4.25. The van der Waals surface area contributed by atoms with Gasteiger partial charge in [0.25, 0.3) is 0 Å². The molecule has 2 nitrogen and oxygen atoms in total. The number of hydrogen-bond acceptors (Lipinski definition) is 4. The number of thiol groups is 1. The summed E-state index contributed by atoms with van der Waals surface area (Å²) in [6, 6.07) is 0. The summed E-state index contributed by atoms with van der Waals surface area (Å²) in [5.74, 6) is 0. The molecule has 1 aliphatic heterocycles. The van der Waals surface area contributed by atoms with Gasteiger partial charge in [0, 0.05) is 6.54 Å². The number of likely N-dealkylation sites (tertiary alicyclic amines) is 1. The molecule has 1 fully saturated rings. The molecule has 4 heteroatoms. The molecule has 0 aromatic carbocycles. The SMILES string of the molecule is SSOCCCN1CCCC1. The van der Waals surface area contributed by atoms with Crippen LogP contribution in [0.3, 0.4) is 0 Å². The Bertz CT molecular complexity index is 96.4. The van der Waals surface area contributed by atoms with Crippen molar-refractivity contribution < 1.29 is 4.18 Å². The van der Waals surface area contributed by atoms with Crippen LogP contribution in [0.25, 0.3) is 0 Å². The topological polar surface area (TPSA) is 12.5 Å². The summed E-state index contributed by atoms with van der Waals surface area (Å²) in [6.07, 6.45) is 3.89. The summed E-state index contributed by atoms with van der Waals surface area (Å²) in [5.41, 5.74) is 0. The van der Waals surface area contributed by atoms with E-state index in [1.807, 2.05) is 0 Å². The number of rotatable bonds is 5. The Morgan fingerprint density at radius 1 is 1.36 bits per heavy atom. The third-order valence-electron chi connectivity index (χ3n) is 1.95. The normalized spacial score (nSPS) is 19.4. The van der Waals surface area contributed by atoms with Gasteiger partial charge in [-0.2, -0.15) is 0 Å². The lowest BCUT2D eigenvalue weighted by Crippen LogP contribution is -2.21. The van der Waals surface area contributed by atoms with Crippen molar-refractivity contribution in [2.24, 2.45) is 0 Å². The maximum absolute atomic E-state index is 5.05. The zero-order chi connectivity index (χ0) is 7.94. The van der Waals surface area contributed by atoms with Gasteiger partial charge in [-0.15, -0.1) is 0 Å². The van der Waals surface area contributed by atoms with Crippen molar-refractivity contribution in [1.29, 1.82) is 0 Å². The molecule has 66 valence electrons. The largest absolute Gasteiger partial charge is 0.305 e. The zero-order valence-corrected chi connectivity index (χ0v) is 8.37. The monoisotopic (exact) mass is 193 g/mol. The van der Waals surface area contributed by atoms with Gasteiger partial charge in [-0.05, 0) is 32.4 Å². The van der Waals surface area contributed by atoms with Gasteiger partial charge in [0.05, 0.1) is 17.7 Å². The van der Waals surface area contributed by atoms with Gasteiger partial charge in [0.15, 0.2) is 0 Å². The van der Waals surface area contributed by atoms with Crippen LogP contribution < -0.4 is 0 Å². The molecule has 0 saturated carbocycles. The first-order valence-corrected chi connectivity index (χ1v) is 5.88. The van der Waals surface area contributed by atoms with Gasteiger partial charge in [-0.25, -0.2) is 0 Å². The minimum Gasteiger partial charge on any atom is -0.305 e. The van der Waals surface area contributed by atoms with Crippen molar-refractivity contribution in [1.82, 2.24) is 4.90 Å². The molecule has 0 atom stereocenters. The van der Waals surface area contributed by atoms with Crippen LogP contribution in [0.4, 0.5) is 0 Å². The lowest BCUT2D eigenvalue weighted by atomic mass is 10.4. The van der Waals surface area contributed by atoms with Gasteiger partial charge in [0.2, 0.25) is 0 Å². The maximum Gasteiger partial charge on any atom is 0.0636 e. The predicted molar refractivity (Wildman–Crippen MR) is 52.8 cm³/mol. The average Bonchev–Trinajstić information content (AvgIpc) is 2.50. The van der Waals surface area contributed by atoms with Crippen LogP contribution in [-0.2, 0) is 4.18 Å². The minimum atomic E-state index is 0.824. The molecular weight excluding hydrogens is 178 g/mol. The second kappa shape index (κ2) is 6.17. The second-order valence-electron chi connectivity index (χ2n) is 2.80. The molecular formula is C7H15NOS2. The fourth-order valence-corrected chi connectivity index (χ4v) is 1.81. The third-order valence-corrected chi connectivity index (χ3v) is 2.54. The molecule has 0 N–H and O–H groups in total. The molecule has 0 bridgehead atoms. The Hall–Kier alpha value is 0.620. The van der Waals surface area contributed by atoms with Gasteiger partial charge >= 0.3 is 0 Å². The van der Waals surface area contributed by atoms with Crippen LogP contribution in [0, 0.1) is 0 Å². The average molecular weight is 193 g/mol. The van der Waals surface area contributed by atoms with E-state index in [1.54, 1.807) is 0 Å². The van der Waals surface area contributed by atoms with Crippen molar-refractivity contribution in [3.63, 3.8) is 0 Å². The Labute approximate surface area is 77.7 Å². The van der Waals surface area contributed by atoms with E-state index in [1.165, 1.54) is 32.5 Å². The fraction of sp³-hybridized carbons (Fsp3) is 1.00. The van der Waals surface area contributed by atoms with Crippen molar-refractivity contribution in [3.8, 4) is 0 Å². The smallest absolute Gasteiger partial charge is 0.0636 e. The zero-order valence-electron chi connectivity index (χ0n) is 6.66. The highest BCUT2D eigenvalue weighted by Crippen LogP contribution is 2.09. The molecule has 1 aliphatic rings. The summed E-state index contributed by atoms with van der Waals surface area (Å²) in [6.45, 7) is 4.58. The van der Waals surface area contributed by atoms with Crippen molar-refractivity contribution in [3.05, 3.63) is 0 Å². The van der Waals surface area contributed by atoms with Gasteiger partial charge in [-0.1, -0.05) is 11.7 Å². The highest BCUT2D eigenvalue weighted by atomic mass is 33.1. The molecule has 11 heavy (non-hydrogen) atoms. The second-order valence-corrected chi connectivity index (χ2v) is 3.63. The molecule has 0 unspecified atom stereocenters. The summed E-state index contributed by atoms with van der Waals surface area (Å²) in [7, 11) is 0. The van der Waals surface area contributed by atoms with Crippen molar-refractivity contribution in [2.45, 2.75) is 19.3 Å². The highest BCUT2D eigenvalue weighted by Gasteiger charge is 2.09. The Balaban J connectivity index is 1.86. The van der Waals surface area contributed by atoms with Gasteiger partial charge < -0.3 is 9.08 Å². The van der Waals surface area contributed by atoms with E-state index in [0.717, 1.165) is 24.1 Å². The number of hydrogen-bond donors (Lipinski definition) is 1. The predicted octanol–water partition coefficient (Wildman–Crippen LogP) is 1.98. The van der Waals surface area contributed by atoms with E-state index in [9.17, 15) is 0 Å². The molecule has 0 spiro atoms. The minimum absolute atomic E-state index is 0.824. The van der Waals surface area contributed by atoms with E-state index in [0.29, 0.717) is 0 Å². The lowest BCUT2D eigenvalue weighted by molar-refractivity contribution is 0.288. The Morgan fingerprint density at radius 3 is 2.73 bits per heavy atom. The molecule has 0 aromatic rings. The van der Waals surface area contributed by atoms with E-state index in [-0.39, 0.29) is 0 Å². The fourth-order valence-electron chi connectivity index (χ4n) is 1.39. The maximum atomic E-state index is 5.05. The van der Waals surface area contributed by atoms with Gasteiger partial charge in [0.1, 0.15) is 0 Å². The van der Waals surface area contributed by atoms with E-state index < -0.39 is 0 Å². The molecule has 0 aromatic heterocycles. The molecule has 0 aliphatic carbocycles. The van der Waals surface area contributed by atoms with Gasteiger partial charge in [-0.3, -0.25) is 0 Å². The summed E-state index contributed by atoms with van der Waals surface area (Å²) < 4.78 is 5.05. The van der Waals surface area contributed by atoms with Crippen LogP contribution in [0.2, 0.25) is 0 Å². The van der Waals surface area contributed by atoms with Crippen molar-refractivity contribution >= 4 is 22.7 Å². The van der Waals surface area contributed by atoms with Crippen LogP contribution in [0.15, 0.2) is 0 Å². The molecule has 1 saturated heterocycles. The first kappa shape index (κ1) is 9.71. The quantitative estimate of drug-likeness (QED) is 0.310. The number of nitrogens with zero attached hydrogens (tertiary/aromatic N) is 1. The van der Waals surface area contributed by atoms with Crippen LogP contribution >= 0.6 is 22.7 Å². The van der Waals surface area contributed by atoms with E-state index in [2.05, 4.69) is 16.6 Å². The first-order valence-electron chi connectivity index (χ1n) is 4.09. The van der Waals surface area contributed by atoms with Crippen LogP contribution in [-0.4, -0.2) is 31.1 Å². The van der Waals surface area contributed by atoms with Crippen molar-refractivity contribution in [2.75, 3.05) is 26.2 Å². The van der Waals surface area contributed by atoms with Crippen LogP contribution in [0.5, 0.6) is 0 Å². The molecule has 1 heterocycles. The first-order chi connectivity index (χ1) is 5.43. The summed E-state index contributed by atoms with van der Waals surface area (Å²) in [4.78, 5) is 2.49. The standard InChI is InChI=1S/C7H15NOS2/c10-11-9-7-3-6-8-4-1-2-5-8/h10H,1-7H2. The summed E-state index contributed by atoms with van der Waals surface area (Å²) >= 11 is 5.04. The lowest BCUT2D eigenvalue weighted by Gasteiger charge is -2.13. The Kier molecular flexibility index (Phi) is 5.45. The summed E-state index contributed by atoms with van der Waals surface area (Å²) in [5, 5.41) is 0. The van der Waals surface area contributed by atoms with E-state index >= 15 is 0 Å².